The Bertz CT molecular complexity index is 491. The van der Waals surface area contributed by atoms with Crippen molar-refractivity contribution >= 4 is 11.7 Å². The minimum atomic E-state index is 0.150. The summed E-state index contributed by atoms with van der Waals surface area (Å²) in [6.45, 7) is 5.69. The first-order chi connectivity index (χ1) is 10.3. The summed E-state index contributed by atoms with van der Waals surface area (Å²) in [4.78, 5) is 23.8. The fourth-order valence-electron chi connectivity index (χ4n) is 3.10. The van der Waals surface area contributed by atoms with Gasteiger partial charge in [0.1, 0.15) is 5.82 Å². The molecule has 0 bridgehead atoms. The van der Waals surface area contributed by atoms with E-state index in [1.54, 1.807) is 6.20 Å². The van der Waals surface area contributed by atoms with Gasteiger partial charge in [0.15, 0.2) is 0 Å². The molecule has 5 nitrogen and oxygen atoms in total. The van der Waals surface area contributed by atoms with Crippen LogP contribution in [-0.2, 0) is 0 Å². The molecule has 3 rings (SSSR count). The van der Waals surface area contributed by atoms with Crippen molar-refractivity contribution in [2.75, 3.05) is 51.2 Å². The minimum Gasteiger partial charge on any atom is -0.353 e. The molecule has 0 N–H and O–H groups in total. The highest BCUT2D eigenvalue weighted by molar-refractivity contribution is 5.99. The highest BCUT2D eigenvalue weighted by atomic mass is 16.2. The van der Waals surface area contributed by atoms with E-state index in [0.717, 1.165) is 63.5 Å². The number of hydrogen-bond acceptors (Lipinski definition) is 4. The van der Waals surface area contributed by atoms with Crippen LogP contribution in [0.2, 0.25) is 0 Å². The van der Waals surface area contributed by atoms with Crippen LogP contribution in [0.4, 0.5) is 5.82 Å². The van der Waals surface area contributed by atoms with E-state index in [0.29, 0.717) is 0 Å². The third kappa shape index (κ3) is 3.18. The lowest BCUT2D eigenvalue weighted by Gasteiger charge is -2.35. The van der Waals surface area contributed by atoms with Crippen molar-refractivity contribution in [3.05, 3.63) is 23.9 Å². The molecule has 1 aromatic heterocycles. The quantitative estimate of drug-likeness (QED) is 0.826. The molecule has 1 aromatic rings. The van der Waals surface area contributed by atoms with Crippen LogP contribution in [-0.4, -0.2) is 67.0 Å². The van der Waals surface area contributed by atoms with E-state index < -0.39 is 0 Å². The Labute approximate surface area is 126 Å². The number of piperidine rings is 1. The number of likely N-dealkylation sites (tertiary alicyclic amines) is 1. The Kier molecular flexibility index (Phi) is 4.39. The van der Waals surface area contributed by atoms with E-state index in [4.69, 9.17) is 0 Å². The monoisotopic (exact) mass is 288 g/mol. The SMILES string of the molecule is CN1CCN(c2ncccc2C(=O)N2CCCCC2)CC1. The van der Waals surface area contributed by atoms with Gasteiger partial charge in [-0.2, -0.15) is 0 Å². The molecular weight excluding hydrogens is 264 g/mol. The number of carbonyl (C=O) groups is 1. The number of rotatable bonds is 2. The summed E-state index contributed by atoms with van der Waals surface area (Å²) in [5.41, 5.74) is 0.768. The summed E-state index contributed by atoms with van der Waals surface area (Å²) in [6.07, 6.45) is 5.27. The lowest BCUT2D eigenvalue weighted by Crippen LogP contribution is -2.46. The summed E-state index contributed by atoms with van der Waals surface area (Å²) in [5.74, 6) is 1.01. The van der Waals surface area contributed by atoms with Gasteiger partial charge in [0.05, 0.1) is 5.56 Å². The number of hydrogen-bond donors (Lipinski definition) is 0. The molecule has 21 heavy (non-hydrogen) atoms. The molecule has 2 saturated heterocycles. The summed E-state index contributed by atoms with van der Waals surface area (Å²) < 4.78 is 0. The zero-order valence-electron chi connectivity index (χ0n) is 12.8. The van der Waals surface area contributed by atoms with Crippen molar-refractivity contribution in [2.24, 2.45) is 0 Å². The second-order valence-corrected chi connectivity index (χ2v) is 6.02. The second-order valence-electron chi connectivity index (χ2n) is 6.02. The van der Waals surface area contributed by atoms with Crippen LogP contribution >= 0.6 is 0 Å². The third-order valence-corrected chi connectivity index (χ3v) is 4.46. The van der Waals surface area contributed by atoms with Crippen LogP contribution in [0.5, 0.6) is 0 Å². The number of anilines is 1. The largest absolute Gasteiger partial charge is 0.353 e. The second kappa shape index (κ2) is 6.43. The Balaban J connectivity index is 1.80. The molecule has 0 atom stereocenters. The maximum Gasteiger partial charge on any atom is 0.257 e. The number of likely N-dealkylation sites (N-methyl/N-ethyl adjacent to an activating group) is 1. The fourth-order valence-corrected chi connectivity index (χ4v) is 3.10. The highest BCUT2D eigenvalue weighted by Gasteiger charge is 2.25. The predicted molar refractivity (Wildman–Crippen MR) is 83.7 cm³/mol. The smallest absolute Gasteiger partial charge is 0.257 e. The van der Waals surface area contributed by atoms with Crippen molar-refractivity contribution < 1.29 is 4.79 Å². The number of piperazine rings is 1. The number of pyridine rings is 1. The van der Waals surface area contributed by atoms with Gasteiger partial charge < -0.3 is 14.7 Å². The molecule has 114 valence electrons. The van der Waals surface area contributed by atoms with Crippen LogP contribution in [0.1, 0.15) is 29.6 Å². The Morgan fingerprint density at radius 2 is 1.76 bits per heavy atom. The molecular formula is C16H24N4O. The van der Waals surface area contributed by atoms with Crippen LogP contribution < -0.4 is 4.90 Å². The van der Waals surface area contributed by atoms with E-state index in [9.17, 15) is 4.79 Å². The van der Waals surface area contributed by atoms with Gasteiger partial charge in [0.2, 0.25) is 0 Å². The molecule has 0 aliphatic carbocycles. The lowest BCUT2D eigenvalue weighted by atomic mass is 10.1. The first kappa shape index (κ1) is 14.3. The van der Waals surface area contributed by atoms with Crippen molar-refractivity contribution in [3.63, 3.8) is 0 Å². The Morgan fingerprint density at radius 1 is 1.05 bits per heavy atom. The van der Waals surface area contributed by atoms with Crippen LogP contribution in [0.25, 0.3) is 0 Å². The summed E-state index contributed by atoms with van der Waals surface area (Å²) in [6, 6.07) is 3.80. The van der Waals surface area contributed by atoms with Crippen LogP contribution in [0.3, 0.4) is 0 Å². The van der Waals surface area contributed by atoms with E-state index in [1.165, 1.54) is 6.42 Å². The molecule has 5 heteroatoms. The van der Waals surface area contributed by atoms with Crippen molar-refractivity contribution in [1.82, 2.24) is 14.8 Å². The summed E-state index contributed by atoms with van der Waals surface area (Å²) >= 11 is 0. The number of carbonyl (C=O) groups excluding carboxylic acids is 1. The van der Waals surface area contributed by atoms with Crippen LogP contribution in [0, 0.1) is 0 Å². The molecule has 1 amide bonds. The van der Waals surface area contributed by atoms with E-state index in [1.807, 2.05) is 17.0 Å². The van der Waals surface area contributed by atoms with Gasteiger partial charge >= 0.3 is 0 Å². The van der Waals surface area contributed by atoms with Gasteiger partial charge in [-0.15, -0.1) is 0 Å². The average Bonchev–Trinajstić information content (AvgIpc) is 2.56. The lowest BCUT2D eigenvalue weighted by molar-refractivity contribution is 0.0724. The maximum atomic E-state index is 12.8. The van der Waals surface area contributed by atoms with Gasteiger partial charge in [0.25, 0.3) is 5.91 Å². The van der Waals surface area contributed by atoms with Crippen molar-refractivity contribution in [1.29, 1.82) is 0 Å². The number of amides is 1. The van der Waals surface area contributed by atoms with Gasteiger partial charge in [-0.25, -0.2) is 4.98 Å². The summed E-state index contributed by atoms with van der Waals surface area (Å²) in [5, 5.41) is 0. The standard InChI is InChI=1S/C16H24N4O/c1-18-10-12-19(13-11-18)15-14(6-5-7-17-15)16(21)20-8-3-2-4-9-20/h5-7H,2-4,8-13H2,1H3. The Morgan fingerprint density at radius 3 is 2.48 bits per heavy atom. The van der Waals surface area contributed by atoms with Crippen LogP contribution in [0.15, 0.2) is 18.3 Å². The zero-order chi connectivity index (χ0) is 14.7. The molecule has 3 heterocycles. The van der Waals surface area contributed by atoms with Gasteiger partial charge in [0, 0.05) is 45.5 Å². The first-order valence-electron chi connectivity index (χ1n) is 7.93. The zero-order valence-corrected chi connectivity index (χ0v) is 12.8. The Hall–Kier alpha value is -1.62. The highest BCUT2D eigenvalue weighted by Crippen LogP contribution is 2.22. The summed E-state index contributed by atoms with van der Waals surface area (Å²) in [7, 11) is 2.13. The van der Waals surface area contributed by atoms with Crippen molar-refractivity contribution in [2.45, 2.75) is 19.3 Å². The third-order valence-electron chi connectivity index (χ3n) is 4.46. The molecule has 0 radical (unpaired) electrons. The van der Waals surface area contributed by atoms with E-state index in [2.05, 4.69) is 21.8 Å². The average molecular weight is 288 g/mol. The molecule has 0 saturated carbocycles. The fraction of sp³-hybridized carbons (Fsp3) is 0.625. The minimum absolute atomic E-state index is 0.150. The van der Waals surface area contributed by atoms with Gasteiger partial charge in [-0.05, 0) is 38.4 Å². The van der Waals surface area contributed by atoms with E-state index >= 15 is 0 Å². The molecule has 0 spiro atoms. The number of nitrogens with zero attached hydrogens (tertiary/aromatic N) is 4. The van der Waals surface area contributed by atoms with Gasteiger partial charge in [-0.3, -0.25) is 4.79 Å². The van der Waals surface area contributed by atoms with E-state index in [-0.39, 0.29) is 5.91 Å². The normalized spacial score (nSPS) is 20.6. The maximum absolute atomic E-state index is 12.8. The molecule has 2 fully saturated rings. The molecule has 2 aliphatic rings. The number of aromatic nitrogens is 1. The van der Waals surface area contributed by atoms with Gasteiger partial charge in [-0.1, -0.05) is 0 Å². The topological polar surface area (TPSA) is 39.7 Å². The van der Waals surface area contributed by atoms with Crippen molar-refractivity contribution in [3.8, 4) is 0 Å². The molecule has 0 unspecified atom stereocenters. The first-order valence-corrected chi connectivity index (χ1v) is 7.93. The molecule has 2 aliphatic heterocycles. The predicted octanol–water partition coefficient (Wildman–Crippen LogP) is 1.46. The molecule has 0 aromatic carbocycles.